The highest BCUT2D eigenvalue weighted by Gasteiger charge is 2.38. The number of alkyl halides is 1. The van der Waals surface area contributed by atoms with Gasteiger partial charge < -0.3 is 5.32 Å². The molecule has 1 saturated heterocycles. The summed E-state index contributed by atoms with van der Waals surface area (Å²) in [6.07, 6.45) is 1.91. The van der Waals surface area contributed by atoms with E-state index in [-0.39, 0.29) is 18.1 Å². The van der Waals surface area contributed by atoms with Gasteiger partial charge in [0.15, 0.2) is 9.84 Å². The largest absolute Gasteiger partial charge is 0.316 e. The minimum atomic E-state index is -3.23. The molecule has 2 atom stereocenters. The van der Waals surface area contributed by atoms with Gasteiger partial charge in [-0.25, -0.2) is 12.8 Å². The topological polar surface area (TPSA) is 46.2 Å². The van der Waals surface area contributed by atoms with Crippen LogP contribution in [0.4, 0.5) is 4.39 Å². The molecule has 1 rings (SSSR count). The maximum atomic E-state index is 14.6. The average molecular weight is 279 g/mol. The van der Waals surface area contributed by atoms with Gasteiger partial charge >= 0.3 is 0 Å². The molecule has 0 amide bonds. The van der Waals surface area contributed by atoms with Crippen molar-refractivity contribution < 1.29 is 12.8 Å². The monoisotopic (exact) mass is 279 g/mol. The molecule has 0 aromatic carbocycles. The van der Waals surface area contributed by atoms with Crippen LogP contribution in [0.3, 0.4) is 0 Å². The summed E-state index contributed by atoms with van der Waals surface area (Å²) in [7, 11) is -3.23. The summed E-state index contributed by atoms with van der Waals surface area (Å²) in [5.74, 6) is -0.138. The molecule has 0 spiro atoms. The van der Waals surface area contributed by atoms with Crippen LogP contribution in [0.5, 0.6) is 0 Å². The fourth-order valence-corrected chi connectivity index (χ4v) is 3.49. The highest BCUT2D eigenvalue weighted by atomic mass is 32.2. The van der Waals surface area contributed by atoms with Crippen LogP contribution in [0.2, 0.25) is 0 Å². The van der Waals surface area contributed by atoms with Crippen molar-refractivity contribution in [2.45, 2.75) is 57.4 Å². The molecule has 18 heavy (non-hydrogen) atoms. The summed E-state index contributed by atoms with van der Waals surface area (Å²) in [4.78, 5) is 0. The van der Waals surface area contributed by atoms with Gasteiger partial charge in [0.1, 0.15) is 5.67 Å². The second-order valence-corrected chi connectivity index (χ2v) is 9.37. The van der Waals surface area contributed by atoms with E-state index in [0.717, 1.165) is 19.4 Å². The highest BCUT2D eigenvalue weighted by molar-refractivity contribution is 7.92. The molecular formula is C13H26FNO2S. The minimum absolute atomic E-state index is 0.0681. The normalized spacial score (nSPS) is 25.7. The predicted molar refractivity (Wildman–Crippen MR) is 73.3 cm³/mol. The van der Waals surface area contributed by atoms with Gasteiger partial charge in [-0.1, -0.05) is 0 Å². The lowest BCUT2D eigenvalue weighted by atomic mass is 9.83. The first-order valence-corrected chi connectivity index (χ1v) is 8.33. The molecular weight excluding hydrogens is 253 g/mol. The molecule has 0 radical (unpaired) electrons. The molecule has 108 valence electrons. The molecule has 1 fully saturated rings. The average Bonchev–Trinajstić information content (AvgIpc) is 2.26. The van der Waals surface area contributed by atoms with Gasteiger partial charge in [0.05, 0.1) is 10.5 Å². The van der Waals surface area contributed by atoms with Crippen molar-refractivity contribution in [3.63, 3.8) is 0 Å². The minimum Gasteiger partial charge on any atom is -0.316 e. The first-order valence-electron chi connectivity index (χ1n) is 6.68. The van der Waals surface area contributed by atoms with Gasteiger partial charge in [-0.3, -0.25) is 0 Å². The van der Waals surface area contributed by atoms with Crippen molar-refractivity contribution >= 4 is 9.84 Å². The van der Waals surface area contributed by atoms with Crippen LogP contribution in [-0.4, -0.2) is 37.7 Å². The zero-order chi connectivity index (χ0) is 14.0. The second kappa shape index (κ2) is 5.45. The number of sulfone groups is 1. The van der Waals surface area contributed by atoms with Crippen LogP contribution in [0, 0.1) is 5.92 Å². The SMILES string of the molecule is CC(F)(CCS(=O)(=O)C(C)(C)C)C1CCCNC1. The number of hydrogen-bond donors (Lipinski definition) is 1. The van der Waals surface area contributed by atoms with Crippen LogP contribution in [-0.2, 0) is 9.84 Å². The van der Waals surface area contributed by atoms with Crippen LogP contribution >= 0.6 is 0 Å². The van der Waals surface area contributed by atoms with Gasteiger partial charge in [-0.15, -0.1) is 0 Å². The number of piperidine rings is 1. The van der Waals surface area contributed by atoms with E-state index in [1.165, 1.54) is 0 Å². The smallest absolute Gasteiger partial charge is 0.155 e. The third-order valence-electron chi connectivity index (χ3n) is 3.94. The molecule has 1 aliphatic heterocycles. The van der Waals surface area contributed by atoms with Crippen molar-refractivity contribution in [2.75, 3.05) is 18.8 Å². The van der Waals surface area contributed by atoms with Crippen molar-refractivity contribution in [1.82, 2.24) is 5.32 Å². The Hall–Kier alpha value is -0.160. The molecule has 1 heterocycles. The van der Waals surface area contributed by atoms with E-state index < -0.39 is 20.3 Å². The Morgan fingerprint density at radius 1 is 1.28 bits per heavy atom. The van der Waals surface area contributed by atoms with Gasteiger partial charge in [-0.2, -0.15) is 0 Å². The van der Waals surface area contributed by atoms with Crippen molar-refractivity contribution in [2.24, 2.45) is 5.92 Å². The fraction of sp³-hybridized carbons (Fsp3) is 1.00. The summed E-state index contributed by atoms with van der Waals surface area (Å²) in [5.41, 5.74) is -1.40. The second-order valence-electron chi connectivity index (χ2n) is 6.50. The van der Waals surface area contributed by atoms with Gasteiger partial charge in [0.25, 0.3) is 0 Å². The van der Waals surface area contributed by atoms with E-state index in [9.17, 15) is 12.8 Å². The van der Waals surface area contributed by atoms with Crippen LogP contribution < -0.4 is 5.32 Å². The van der Waals surface area contributed by atoms with E-state index in [0.29, 0.717) is 6.54 Å². The Kier molecular flexibility index (Phi) is 4.81. The summed E-state index contributed by atoms with van der Waals surface area (Å²) >= 11 is 0. The first-order chi connectivity index (χ1) is 8.06. The summed E-state index contributed by atoms with van der Waals surface area (Å²) in [5, 5.41) is 3.18. The molecule has 1 aliphatic rings. The van der Waals surface area contributed by atoms with E-state index in [4.69, 9.17) is 0 Å². The van der Waals surface area contributed by atoms with Crippen molar-refractivity contribution in [3.05, 3.63) is 0 Å². The van der Waals surface area contributed by atoms with Gasteiger partial charge in [0.2, 0.25) is 0 Å². The molecule has 0 aromatic rings. The van der Waals surface area contributed by atoms with E-state index in [1.54, 1.807) is 27.7 Å². The lowest BCUT2D eigenvalue weighted by Crippen LogP contribution is -2.43. The number of nitrogens with one attached hydrogen (secondary N) is 1. The highest BCUT2D eigenvalue weighted by Crippen LogP contribution is 2.32. The van der Waals surface area contributed by atoms with Crippen LogP contribution in [0.1, 0.15) is 47.0 Å². The molecule has 0 aromatic heterocycles. The van der Waals surface area contributed by atoms with Crippen LogP contribution in [0.25, 0.3) is 0 Å². The number of hydrogen-bond acceptors (Lipinski definition) is 3. The summed E-state index contributed by atoms with van der Waals surface area (Å²) < 4.78 is 37.8. The molecule has 0 aliphatic carbocycles. The van der Waals surface area contributed by atoms with Crippen molar-refractivity contribution in [1.29, 1.82) is 0 Å². The maximum Gasteiger partial charge on any atom is 0.155 e. The maximum absolute atomic E-state index is 14.6. The Morgan fingerprint density at radius 2 is 1.89 bits per heavy atom. The number of halogens is 1. The first kappa shape index (κ1) is 15.9. The van der Waals surface area contributed by atoms with E-state index in [1.807, 2.05) is 0 Å². The van der Waals surface area contributed by atoms with E-state index in [2.05, 4.69) is 5.32 Å². The quantitative estimate of drug-likeness (QED) is 0.859. The van der Waals surface area contributed by atoms with Crippen LogP contribution in [0.15, 0.2) is 0 Å². The molecule has 0 saturated carbocycles. The standard InChI is InChI=1S/C13H26FNO2S/c1-12(2,3)18(16,17)9-7-13(4,14)11-6-5-8-15-10-11/h11,15H,5-10H2,1-4H3. The molecule has 5 heteroatoms. The lowest BCUT2D eigenvalue weighted by molar-refractivity contribution is 0.0796. The Labute approximate surface area is 110 Å². The lowest BCUT2D eigenvalue weighted by Gasteiger charge is -2.34. The summed E-state index contributed by atoms with van der Waals surface area (Å²) in [6, 6.07) is 0. The van der Waals surface area contributed by atoms with Crippen molar-refractivity contribution in [3.8, 4) is 0 Å². The molecule has 0 bridgehead atoms. The molecule has 1 N–H and O–H groups in total. The fourth-order valence-electron chi connectivity index (χ4n) is 2.21. The zero-order valence-corrected chi connectivity index (χ0v) is 12.7. The Bertz CT molecular complexity index is 365. The Balaban J connectivity index is 2.61. The Morgan fingerprint density at radius 3 is 2.33 bits per heavy atom. The third kappa shape index (κ3) is 3.92. The summed E-state index contributed by atoms with van der Waals surface area (Å²) in [6.45, 7) is 8.14. The predicted octanol–water partition coefficient (Wildman–Crippen LogP) is 2.32. The molecule has 2 unspecified atom stereocenters. The molecule has 3 nitrogen and oxygen atoms in total. The van der Waals surface area contributed by atoms with Gasteiger partial charge in [-0.05, 0) is 53.5 Å². The zero-order valence-electron chi connectivity index (χ0n) is 11.9. The van der Waals surface area contributed by atoms with E-state index >= 15 is 0 Å². The number of rotatable bonds is 4. The third-order valence-corrected chi connectivity index (χ3v) is 6.55. The van der Waals surface area contributed by atoms with Gasteiger partial charge in [0, 0.05) is 12.5 Å².